The smallest absolute Gasteiger partial charge is 0.00441 e. The van der Waals surface area contributed by atoms with Gasteiger partial charge in [0.25, 0.3) is 0 Å². The SMILES string of the molecule is [CH]1/C=C/CC/C=C/C=C/CCC/C=C/1. The highest BCUT2D eigenvalue weighted by Crippen LogP contribution is 2.01. The maximum Gasteiger partial charge on any atom is 0.00441 e. The predicted molar refractivity (Wildman–Crippen MR) is 63.9 cm³/mol. The summed E-state index contributed by atoms with van der Waals surface area (Å²) in [6.45, 7) is 0. The first-order valence-electron chi connectivity index (χ1n) is 5.47. The van der Waals surface area contributed by atoms with Gasteiger partial charge >= 0.3 is 0 Å². The van der Waals surface area contributed by atoms with E-state index in [1.54, 1.807) is 0 Å². The first-order chi connectivity index (χ1) is 7.00. The first-order valence-corrected chi connectivity index (χ1v) is 5.47. The molecular weight excluding hydrogens is 168 g/mol. The van der Waals surface area contributed by atoms with Gasteiger partial charge in [0.15, 0.2) is 0 Å². The molecule has 0 unspecified atom stereocenters. The predicted octanol–water partition coefficient (Wildman–Crippen LogP) is 4.38. The van der Waals surface area contributed by atoms with Crippen molar-refractivity contribution in [1.82, 2.24) is 0 Å². The molecular formula is C14H19. The van der Waals surface area contributed by atoms with E-state index in [2.05, 4.69) is 55.0 Å². The van der Waals surface area contributed by atoms with Crippen LogP contribution in [0, 0.1) is 6.42 Å². The maximum atomic E-state index is 2.25. The van der Waals surface area contributed by atoms with Crippen LogP contribution in [0.25, 0.3) is 0 Å². The van der Waals surface area contributed by atoms with Crippen molar-refractivity contribution in [3.05, 3.63) is 55.0 Å². The van der Waals surface area contributed by atoms with Crippen LogP contribution in [0.2, 0.25) is 0 Å². The fraction of sp³-hybridized carbons (Fsp3) is 0.357. The Labute approximate surface area is 87.7 Å². The second kappa shape index (κ2) is 8.55. The number of hydrogen-bond acceptors (Lipinski definition) is 0. The number of hydrogen-bond donors (Lipinski definition) is 0. The summed E-state index contributed by atoms with van der Waals surface area (Å²) in [5.41, 5.74) is 0. The zero-order valence-electron chi connectivity index (χ0n) is 8.73. The summed E-state index contributed by atoms with van der Waals surface area (Å²) in [6, 6.07) is 0. The maximum absolute atomic E-state index is 2.25. The fourth-order valence-corrected chi connectivity index (χ4v) is 1.31. The zero-order chi connectivity index (χ0) is 9.90. The van der Waals surface area contributed by atoms with Gasteiger partial charge in [-0.25, -0.2) is 0 Å². The second-order valence-corrected chi connectivity index (χ2v) is 3.41. The topological polar surface area (TPSA) is 0 Å². The molecule has 0 spiro atoms. The lowest BCUT2D eigenvalue weighted by molar-refractivity contribution is 0.867. The highest BCUT2D eigenvalue weighted by Gasteiger charge is 1.81. The lowest BCUT2D eigenvalue weighted by Gasteiger charge is -1.91. The van der Waals surface area contributed by atoms with Crippen LogP contribution in [0.15, 0.2) is 48.6 Å². The minimum Gasteiger partial charge on any atom is -0.0879 e. The summed E-state index contributed by atoms with van der Waals surface area (Å²) in [7, 11) is 0. The third kappa shape index (κ3) is 6.47. The van der Waals surface area contributed by atoms with Crippen LogP contribution in [0.4, 0.5) is 0 Å². The van der Waals surface area contributed by atoms with Crippen molar-refractivity contribution in [1.29, 1.82) is 0 Å². The van der Waals surface area contributed by atoms with Gasteiger partial charge in [0, 0.05) is 6.42 Å². The molecule has 1 aliphatic rings. The normalized spacial score (nSPS) is 28.6. The molecule has 0 heteroatoms. The molecule has 0 aliphatic heterocycles. The van der Waals surface area contributed by atoms with Gasteiger partial charge in [0.1, 0.15) is 0 Å². The minimum absolute atomic E-state index is 1.13. The monoisotopic (exact) mass is 187 g/mol. The summed E-state index contributed by atoms with van der Waals surface area (Å²) in [6.07, 6.45) is 25.5. The Morgan fingerprint density at radius 3 is 1.71 bits per heavy atom. The van der Waals surface area contributed by atoms with Crippen LogP contribution in [0.5, 0.6) is 0 Å². The van der Waals surface area contributed by atoms with E-state index in [4.69, 9.17) is 0 Å². The quantitative estimate of drug-likeness (QED) is 0.528. The van der Waals surface area contributed by atoms with E-state index >= 15 is 0 Å². The Kier molecular flexibility index (Phi) is 6.74. The van der Waals surface area contributed by atoms with Gasteiger partial charge in [-0.2, -0.15) is 0 Å². The molecule has 0 aromatic heterocycles. The van der Waals surface area contributed by atoms with Crippen LogP contribution >= 0.6 is 0 Å². The molecule has 0 saturated carbocycles. The third-order valence-electron chi connectivity index (χ3n) is 2.12. The van der Waals surface area contributed by atoms with E-state index in [1.807, 2.05) is 0 Å². The van der Waals surface area contributed by atoms with E-state index < -0.39 is 0 Å². The first kappa shape index (κ1) is 11.0. The minimum atomic E-state index is 1.13. The molecule has 75 valence electrons. The molecule has 0 fully saturated rings. The molecule has 1 aliphatic carbocycles. The average Bonchev–Trinajstić information content (AvgIpc) is 2.22. The molecule has 0 nitrogen and oxygen atoms in total. The van der Waals surface area contributed by atoms with Gasteiger partial charge in [-0.15, -0.1) is 0 Å². The van der Waals surface area contributed by atoms with E-state index in [9.17, 15) is 0 Å². The molecule has 1 radical (unpaired) electrons. The second-order valence-electron chi connectivity index (χ2n) is 3.41. The Morgan fingerprint density at radius 1 is 0.500 bits per heavy atom. The molecule has 0 aromatic rings. The van der Waals surface area contributed by atoms with Gasteiger partial charge in [0.05, 0.1) is 0 Å². The van der Waals surface area contributed by atoms with E-state index in [1.165, 1.54) is 19.3 Å². The Bertz CT molecular complexity index is 228. The molecule has 0 N–H and O–H groups in total. The molecule has 0 bridgehead atoms. The van der Waals surface area contributed by atoms with Crippen molar-refractivity contribution >= 4 is 0 Å². The average molecular weight is 187 g/mol. The van der Waals surface area contributed by atoms with Gasteiger partial charge < -0.3 is 0 Å². The highest BCUT2D eigenvalue weighted by atomic mass is 13.9. The van der Waals surface area contributed by atoms with Gasteiger partial charge in [-0.3, -0.25) is 0 Å². The van der Waals surface area contributed by atoms with Crippen molar-refractivity contribution in [2.45, 2.75) is 32.1 Å². The van der Waals surface area contributed by atoms with Crippen LogP contribution in [-0.2, 0) is 0 Å². The van der Waals surface area contributed by atoms with Crippen LogP contribution < -0.4 is 0 Å². The molecule has 14 heavy (non-hydrogen) atoms. The molecule has 1 rings (SSSR count). The van der Waals surface area contributed by atoms with Gasteiger partial charge in [-0.1, -0.05) is 48.6 Å². The van der Waals surface area contributed by atoms with E-state index in [0.29, 0.717) is 0 Å². The molecule has 0 heterocycles. The summed E-state index contributed by atoms with van der Waals surface area (Å²) in [4.78, 5) is 0. The number of rotatable bonds is 0. The summed E-state index contributed by atoms with van der Waals surface area (Å²) >= 11 is 0. The zero-order valence-corrected chi connectivity index (χ0v) is 8.73. The van der Waals surface area contributed by atoms with E-state index in [0.717, 1.165) is 12.8 Å². The lowest BCUT2D eigenvalue weighted by Crippen LogP contribution is -1.71. The summed E-state index contributed by atoms with van der Waals surface area (Å²) in [5, 5.41) is 0. The van der Waals surface area contributed by atoms with Gasteiger partial charge in [0.2, 0.25) is 0 Å². The van der Waals surface area contributed by atoms with Crippen molar-refractivity contribution in [3.8, 4) is 0 Å². The number of allylic oxidation sites excluding steroid dienone is 8. The van der Waals surface area contributed by atoms with Crippen LogP contribution in [0.1, 0.15) is 32.1 Å². The van der Waals surface area contributed by atoms with Crippen molar-refractivity contribution in [2.24, 2.45) is 0 Å². The summed E-state index contributed by atoms with van der Waals surface area (Å²) < 4.78 is 0. The van der Waals surface area contributed by atoms with Crippen molar-refractivity contribution < 1.29 is 0 Å². The lowest BCUT2D eigenvalue weighted by atomic mass is 10.2. The fourth-order valence-electron chi connectivity index (χ4n) is 1.31. The molecule has 0 amide bonds. The Hall–Kier alpha value is -1.04. The largest absolute Gasteiger partial charge is 0.0879 e. The van der Waals surface area contributed by atoms with Gasteiger partial charge in [-0.05, 0) is 32.1 Å². The van der Waals surface area contributed by atoms with Crippen molar-refractivity contribution in [2.75, 3.05) is 0 Å². The summed E-state index contributed by atoms with van der Waals surface area (Å²) in [5.74, 6) is 0. The van der Waals surface area contributed by atoms with Crippen molar-refractivity contribution in [3.63, 3.8) is 0 Å². The Balaban J connectivity index is 2.34. The Morgan fingerprint density at radius 2 is 1.00 bits per heavy atom. The van der Waals surface area contributed by atoms with Crippen LogP contribution in [0.3, 0.4) is 0 Å². The highest BCUT2D eigenvalue weighted by molar-refractivity contribution is 5.09. The molecule has 0 aromatic carbocycles. The molecule has 0 atom stereocenters. The molecule has 0 saturated heterocycles. The van der Waals surface area contributed by atoms with E-state index in [-0.39, 0.29) is 0 Å². The standard InChI is InChI=1S/C14H19/c1-2-4-6-8-10-12-14-13-11-9-7-5-3-1/h1-5,10,12-14H,6-9,11H2/b4-2+,5-3+,12-10+,14-13+. The third-order valence-corrected chi connectivity index (χ3v) is 2.12. The van der Waals surface area contributed by atoms with Crippen LogP contribution in [-0.4, -0.2) is 0 Å².